The van der Waals surface area contributed by atoms with E-state index in [0.29, 0.717) is 5.92 Å². The van der Waals surface area contributed by atoms with Crippen molar-refractivity contribution >= 4 is 0 Å². The van der Waals surface area contributed by atoms with E-state index in [0.717, 1.165) is 49.0 Å². The summed E-state index contributed by atoms with van der Waals surface area (Å²) in [5.41, 5.74) is 1.12. The van der Waals surface area contributed by atoms with E-state index >= 15 is 0 Å². The summed E-state index contributed by atoms with van der Waals surface area (Å²) < 4.78 is 53.7. The van der Waals surface area contributed by atoms with Crippen molar-refractivity contribution < 1.29 is 22.3 Å². The highest BCUT2D eigenvalue weighted by Crippen LogP contribution is 2.39. The van der Waals surface area contributed by atoms with E-state index in [4.69, 9.17) is 5.26 Å². The minimum Gasteiger partial charge on any atom is -0.406 e. The summed E-state index contributed by atoms with van der Waals surface area (Å²) in [5.74, 6) is 1.98. The average Bonchev–Trinajstić information content (AvgIpc) is 2.87. The molecule has 0 spiro atoms. The molecule has 0 saturated heterocycles. The molecular weight excluding hydrogens is 466 g/mol. The summed E-state index contributed by atoms with van der Waals surface area (Å²) in [4.78, 5) is 0. The van der Waals surface area contributed by atoms with Gasteiger partial charge >= 0.3 is 6.36 Å². The summed E-state index contributed by atoms with van der Waals surface area (Å²) in [7, 11) is 0. The van der Waals surface area contributed by atoms with Gasteiger partial charge in [-0.2, -0.15) is 9.65 Å². The van der Waals surface area contributed by atoms with Crippen LogP contribution < -0.4 is 4.74 Å². The zero-order chi connectivity index (χ0) is 25.8. The SMILES string of the molecule is N#C/C(F)=C/C=C/CCC1CCC(CCCCC2CCC(c3ccc(OC(F)(F)F)cc3)CC2)CC1. The van der Waals surface area contributed by atoms with Gasteiger partial charge in [0.05, 0.1) is 0 Å². The van der Waals surface area contributed by atoms with Gasteiger partial charge in [-0.1, -0.05) is 75.7 Å². The van der Waals surface area contributed by atoms with Crippen LogP contribution in [-0.2, 0) is 0 Å². The maximum Gasteiger partial charge on any atom is 0.573 e. The summed E-state index contributed by atoms with van der Waals surface area (Å²) in [6, 6.07) is 7.90. The van der Waals surface area contributed by atoms with Gasteiger partial charge in [-0.3, -0.25) is 0 Å². The number of ether oxygens (including phenoxy) is 1. The lowest BCUT2D eigenvalue weighted by molar-refractivity contribution is -0.274. The third-order valence-electron chi connectivity index (χ3n) is 8.10. The normalized spacial score (nSPS) is 25.6. The molecule has 0 N–H and O–H groups in total. The van der Waals surface area contributed by atoms with E-state index in [9.17, 15) is 17.6 Å². The van der Waals surface area contributed by atoms with Gasteiger partial charge in [-0.25, -0.2) is 0 Å². The number of halogens is 4. The molecule has 0 aliphatic heterocycles. The molecule has 0 amide bonds. The van der Waals surface area contributed by atoms with Gasteiger partial charge in [-0.15, -0.1) is 13.2 Å². The highest BCUT2D eigenvalue weighted by molar-refractivity contribution is 5.29. The van der Waals surface area contributed by atoms with Crippen LogP contribution in [-0.4, -0.2) is 6.36 Å². The molecule has 0 atom stereocenters. The number of nitriles is 1. The van der Waals surface area contributed by atoms with Gasteiger partial charge < -0.3 is 4.74 Å². The van der Waals surface area contributed by atoms with Crippen molar-refractivity contribution in [2.45, 2.75) is 102 Å². The number of unbranched alkanes of at least 4 members (excludes halogenated alkanes) is 1. The number of rotatable bonds is 11. The molecule has 36 heavy (non-hydrogen) atoms. The average molecular weight is 506 g/mol. The van der Waals surface area contributed by atoms with Crippen molar-refractivity contribution in [1.29, 1.82) is 5.26 Å². The number of allylic oxidation sites excluding steroid dienone is 4. The van der Waals surface area contributed by atoms with Crippen LogP contribution in [0, 0.1) is 29.1 Å². The van der Waals surface area contributed by atoms with Crippen molar-refractivity contribution in [3.05, 3.63) is 53.9 Å². The van der Waals surface area contributed by atoms with E-state index in [1.807, 2.05) is 6.08 Å². The summed E-state index contributed by atoms with van der Waals surface area (Å²) in [5, 5.41) is 8.39. The highest BCUT2D eigenvalue weighted by Gasteiger charge is 2.31. The third-order valence-corrected chi connectivity index (χ3v) is 8.10. The number of hydrogen-bond donors (Lipinski definition) is 0. The molecule has 0 aromatic heterocycles. The standard InChI is InChI=1S/C30H39F4NO/c31-28(22-35)9-3-1-2-6-23-10-12-24(13-11-23)7-4-5-8-25-14-16-26(17-15-25)27-18-20-29(21-19-27)36-30(32,33)34/h1,3,9,18-21,23-26H,2,4-8,10-17H2/b3-1+,28-9-. The zero-order valence-electron chi connectivity index (χ0n) is 21.1. The molecule has 2 fully saturated rings. The monoisotopic (exact) mass is 505 g/mol. The first-order valence-corrected chi connectivity index (χ1v) is 13.6. The van der Waals surface area contributed by atoms with Gasteiger partial charge in [0.2, 0.25) is 0 Å². The first kappa shape index (κ1) is 28.3. The molecule has 2 aliphatic carbocycles. The maximum absolute atomic E-state index is 12.7. The van der Waals surface area contributed by atoms with Crippen molar-refractivity contribution in [2.75, 3.05) is 0 Å². The van der Waals surface area contributed by atoms with Gasteiger partial charge in [0.1, 0.15) is 11.8 Å². The Bertz CT molecular complexity index is 868. The molecule has 0 unspecified atom stereocenters. The first-order chi connectivity index (χ1) is 17.3. The van der Waals surface area contributed by atoms with Crippen molar-refractivity contribution in [1.82, 2.24) is 0 Å². The highest BCUT2D eigenvalue weighted by atomic mass is 19.4. The summed E-state index contributed by atoms with van der Waals surface area (Å²) in [6.07, 6.45) is 17.5. The predicted molar refractivity (Wildman–Crippen MR) is 135 cm³/mol. The number of nitrogens with zero attached hydrogens (tertiary/aromatic N) is 1. The topological polar surface area (TPSA) is 33.0 Å². The van der Waals surface area contributed by atoms with E-state index in [1.165, 1.54) is 88.5 Å². The van der Waals surface area contributed by atoms with Crippen molar-refractivity contribution in [3.63, 3.8) is 0 Å². The molecule has 2 aliphatic rings. The third kappa shape index (κ3) is 10.4. The van der Waals surface area contributed by atoms with Crippen LogP contribution >= 0.6 is 0 Å². The predicted octanol–water partition coefficient (Wildman–Crippen LogP) is 9.94. The van der Waals surface area contributed by atoms with Gasteiger partial charge in [0, 0.05) is 0 Å². The molecule has 0 heterocycles. The molecule has 6 heteroatoms. The number of alkyl halides is 3. The Morgan fingerprint density at radius 2 is 1.39 bits per heavy atom. The molecule has 2 saturated carbocycles. The second-order valence-corrected chi connectivity index (χ2v) is 10.6. The largest absolute Gasteiger partial charge is 0.573 e. The lowest BCUT2D eigenvalue weighted by Gasteiger charge is -2.30. The molecule has 2 nitrogen and oxygen atoms in total. The maximum atomic E-state index is 12.7. The Labute approximate surface area is 213 Å². The fraction of sp³-hybridized carbons (Fsp3) is 0.633. The van der Waals surface area contributed by atoms with Crippen LogP contribution in [0.4, 0.5) is 17.6 Å². The van der Waals surface area contributed by atoms with Crippen LogP contribution in [0.3, 0.4) is 0 Å². The van der Waals surface area contributed by atoms with Crippen LogP contribution in [0.2, 0.25) is 0 Å². The second-order valence-electron chi connectivity index (χ2n) is 10.6. The Morgan fingerprint density at radius 1 is 0.861 bits per heavy atom. The Morgan fingerprint density at radius 3 is 1.92 bits per heavy atom. The molecule has 3 rings (SSSR count). The quantitative estimate of drug-likeness (QED) is 0.130. The first-order valence-electron chi connectivity index (χ1n) is 13.6. The summed E-state index contributed by atoms with van der Waals surface area (Å²) in [6.45, 7) is 0. The Hall–Kier alpha value is -2.29. The van der Waals surface area contributed by atoms with Crippen LogP contribution in [0.5, 0.6) is 5.75 Å². The molecule has 198 valence electrons. The van der Waals surface area contributed by atoms with Gasteiger partial charge in [0.15, 0.2) is 5.83 Å². The van der Waals surface area contributed by atoms with E-state index in [1.54, 1.807) is 18.2 Å². The van der Waals surface area contributed by atoms with Gasteiger partial charge in [-0.05, 0) is 86.0 Å². The molecular formula is C30H39F4NO. The van der Waals surface area contributed by atoms with Crippen molar-refractivity contribution in [3.8, 4) is 11.8 Å². The van der Waals surface area contributed by atoms with E-state index in [-0.39, 0.29) is 5.75 Å². The van der Waals surface area contributed by atoms with Gasteiger partial charge in [0.25, 0.3) is 0 Å². The van der Waals surface area contributed by atoms with E-state index in [2.05, 4.69) is 4.74 Å². The van der Waals surface area contributed by atoms with Crippen LogP contribution in [0.25, 0.3) is 0 Å². The van der Waals surface area contributed by atoms with Crippen LogP contribution in [0.15, 0.2) is 48.3 Å². The minimum atomic E-state index is -4.64. The number of benzene rings is 1. The Kier molecular flexibility index (Phi) is 11.4. The fourth-order valence-corrected chi connectivity index (χ4v) is 6.02. The number of hydrogen-bond acceptors (Lipinski definition) is 2. The molecule has 1 aromatic rings. The lowest BCUT2D eigenvalue weighted by atomic mass is 9.76. The lowest BCUT2D eigenvalue weighted by Crippen LogP contribution is -2.17. The fourth-order valence-electron chi connectivity index (χ4n) is 6.02. The van der Waals surface area contributed by atoms with Crippen LogP contribution in [0.1, 0.15) is 101 Å². The molecule has 1 aromatic carbocycles. The second kappa shape index (κ2) is 14.4. The zero-order valence-corrected chi connectivity index (χ0v) is 21.1. The molecule has 0 bridgehead atoms. The Balaban J connectivity index is 1.23. The summed E-state index contributed by atoms with van der Waals surface area (Å²) >= 11 is 0. The van der Waals surface area contributed by atoms with E-state index < -0.39 is 12.2 Å². The van der Waals surface area contributed by atoms with Crippen molar-refractivity contribution in [2.24, 2.45) is 17.8 Å². The minimum absolute atomic E-state index is 0.149. The smallest absolute Gasteiger partial charge is 0.406 e. The molecule has 0 radical (unpaired) electrons.